The van der Waals surface area contributed by atoms with E-state index in [0.29, 0.717) is 17.2 Å². The van der Waals surface area contributed by atoms with Crippen molar-refractivity contribution in [3.63, 3.8) is 0 Å². The lowest BCUT2D eigenvalue weighted by atomic mass is 10.1. The van der Waals surface area contributed by atoms with Crippen LogP contribution in [0.25, 0.3) is 28.2 Å². The summed E-state index contributed by atoms with van der Waals surface area (Å²) in [6.07, 6.45) is 0. The maximum atomic E-state index is 12.8. The minimum absolute atomic E-state index is 0.310. The minimum Gasteiger partial charge on any atom is -0.497 e. The largest absolute Gasteiger partial charge is 0.497 e. The Morgan fingerprint density at radius 1 is 0.780 bits per heavy atom. The number of ether oxygens (including phenoxy) is 2. The van der Waals surface area contributed by atoms with E-state index in [1.54, 1.807) is 26.4 Å². The van der Waals surface area contributed by atoms with Crippen LogP contribution >= 0.6 is 12.2 Å². The number of methoxy groups -OCH3 is 2. The van der Waals surface area contributed by atoms with Crippen LogP contribution in [0.1, 0.15) is 15.9 Å². The summed E-state index contributed by atoms with van der Waals surface area (Å²) in [5.74, 6) is 1.24. The molecule has 0 saturated carbocycles. The number of hydrogen-bond acceptors (Lipinski definition) is 5. The normalized spacial score (nSPS) is 10.5. The molecule has 0 aliphatic rings. The molecule has 3 N–H and O–H groups in total. The molecular formula is C32H29N5O3S. The number of thiocarbonyl (C=S) groups is 1. The third-order valence-corrected chi connectivity index (χ3v) is 6.69. The predicted molar refractivity (Wildman–Crippen MR) is 164 cm³/mol. The molecule has 0 bridgehead atoms. The Labute approximate surface area is 243 Å². The molecule has 41 heavy (non-hydrogen) atoms. The second-order valence-electron chi connectivity index (χ2n) is 9.08. The third-order valence-electron chi connectivity index (χ3n) is 6.44. The molecular weight excluding hydrogens is 534 g/mol. The van der Waals surface area contributed by atoms with Crippen LogP contribution in [0.15, 0.2) is 109 Å². The summed E-state index contributed by atoms with van der Waals surface area (Å²) >= 11 is 5.28. The van der Waals surface area contributed by atoms with E-state index >= 15 is 0 Å². The van der Waals surface area contributed by atoms with E-state index in [4.69, 9.17) is 26.8 Å². The fourth-order valence-corrected chi connectivity index (χ4v) is 4.33. The lowest BCUT2D eigenvalue weighted by Gasteiger charge is -2.12. The van der Waals surface area contributed by atoms with Crippen LogP contribution in [0, 0.1) is 0 Å². The van der Waals surface area contributed by atoms with Crippen molar-refractivity contribution in [3.8, 4) is 39.7 Å². The van der Waals surface area contributed by atoms with Gasteiger partial charge in [0.25, 0.3) is 5.91 Å². The Morgan fingerprint density at radius 2 is 1.39 bits per heavy atom. The lowest BCUT2D eigenvalue weighted by Crippen LogP contribution is -2.46. The van der Waals surface area contributed by atoms with Crippen molar-refractivity contribution in [2.24, 2.45) is 0 Å². The maximum absolute atomic E-state index is 12.8. The van der Waals surface area contributed by atoms with Crippen molar-refractivity contribution in [3.05, 3.63) is 120 Å². The number of benzene rings is 4. The summed E-state index contributed by atoms with van der Waals surface area (Å²) in [5, 5.41) is 8.30. The molecule has 206 valence electrons. The number of carbonyl (C=O) groups is 1. The van der Waals surface area contributed by atoms with E-state index in [0.717, 1.165) is 45.3 Å². The van der Waals surface area contributed by atoms with Crippen LogP contribution in [0.2, 0.25) is 0 Å². The highest BCUT2D eigenvalue weighted by atomic mass is 32.1. The Morgan fingerprint density at radius 3 is 2.00 bits per heavy atom. The summed E-state index contributed by atoms with van der Waals surface area (Å²) in [6.45, 7) is 0.552. The van der Waals surface area contributed by atoms with Crippen LogP contribution in [-0.2, 0) is 6.54 Å². The first kappa shape index (κ1) is 27.4. The summed E-state index contributed by atoms with van der Waals surface area (Å²) < 4.78 is 12.5. The van der Waals surface area contributed by atoms with Gasteiger partial charge < -0.3 is 14.8 Å². The third kappa shape index (κ3) is 6.71. The van der Waals surface area contributed by atoms with Gasteiger partial charge in [-0.1, -0.05) is 30.3 Å². The topological polar surface area (TPSA) is 89.4 Å². The van der Waals surface area contributed by atoms with Crippen molar-refractivity contribution >= 4 is 23.2 Å². The molecule has 0 aliphatic carbocycles. The summed E-state index contributed by atoms with van der Waals surface area (Å²) in [6, 6.07) is 34.7. The fraction of sp³-hybridized carbons (Fsp3) is 0.0938. The Bertz CT molecular complexity index is 1620. The molecule has 5 rings (SSSR count). The van der Waals surface area contributed by atoms with Gasteiger partial charge >= 0.3 is 0 Å². The van der Waals surface area contributed by atoms with Gasteiger partial charge in [0.05, 0.1) is 31.3 Å². The highest BCUT2D eigenvalue weighted by molar-refractivity contribution is 7.80. The number of hydrazine groups is 1. The molecule has 8 nitrogen and oxygen atoms in total. The quantitative estimate of drug-likeness (QED) is 0.169. The second kappa shape index (κ2) is 12.8. The SMILES string of the molecule is COc1ccc(-c2cc(-c3ccc(OC)cc3)n(-c3ccc(C(=O)NNC(=S)NCc4ccccc4)cc3)n2)cc1. The van der Waals surface area contributed by atoms with Gasteiger partial charge in [-0.15, -0.1) is 0 Å². The van der Waals surface area contributed by atoms with Gasteiger partial charge in [0.1, 0.15) is 11.5 Å². The standard InChI is InChI=1S/C32H29N5O3S/c1-39-27-16-10-23(11-17-27)29-20-30(24-12-18-28(40-2)19-13-24)37(36-29)26-14-8-25(9-15-26)31(38)34-35-32(41)33-21-22-6-4-3-5-7-22/h3-20H,21H2,1-2H3,(H,34,38)(H2,33,35,41). The molecule has 0 saturated heterocycles. The molecule has 1 aromatic heterocycles. The van der Waals surface area contributed by atoms with Crippen molar-refractivity contribution in [2.45, 2.75) is 6.54 Å². The average Bonchev–Trinajstić information content (AvgIpc) is 3.49. The zero-order chi connectivity index (χ0) is 28.6. The van der Waals surface area contributed by atoms with Crippen LogP contribution in [-0.4, -0.2) is 35.0 Å². The predicted octanol–water partition coefficient (Wildman–Crippen LogP) is 5.53. The molecule has 0 spiro atoms. The zero-order valence-electron chi connectivity index (χ0n) is 22.6. The van der Waals surface area contributed by atoms with Crippen LogP contribution < -0.4 is 25.6 Å². The molecule has 1 heterocycles. The van der Waals surface area contributed by atoms with Gasteiger partial charge in [0.2, 0.25) is 0 Å². The first-order chi connectivity index (χ1) is 20.0. The van der Waals surface area contributed by atoms with E-state index in [1.165, 1.54) is 0 Å². The first-order valence-corrected chi connectivity index (χ1v) is 13.3. The summed E-state index contributed by atoms with van der Waals surface area (Å²) in [5.41, 5.74) is 11.4. The van der Waals surface area contributed by atoms with E-state index in [2.05, 4.69) is 16.2 Å². The Hall–Kier alpha value is -5.15. The van der Waals surface area contributed by atoms with Gasteiger partial charge in [-0.3, -0.25) is 15.6 Å². The molecule has 0 radical (unpaired) electrons. The van der Waals surface area contributed by atoms with Crippen LogP contribution in [0.4, 0.5) is 0 Å². The molecule has 0 aliphatic heterocycles. The van der Waals surface area contributed by atoms with Crippen molar-refractivity contribution in [2.75, 3.05) is 14.2 Å². The molecule has 5 aromatic rings. The highest BCUT2D eigenvalue weighted by Crippen LogP contribution is 2.30. The lowest BCUT2D eigenvalue weighted by molar-refractivity contribution is 0.0943. The zero-order valence-corrected chi connectivity index (χ0v) is 23.4. The van der Waals surface area contributed by atoms with Gasteiger partial charge in [0.15, 0.2) is 5.11 Å². The summed E-state index contributed by atoms with van der Waals surface area (Å²) in [4.78, 5) is 12.8. The number of aromatic nitrogens is 2. The molecule has 4 aromatic carbocycles. The van der Waals surface area contributed by atoms with Crippen molar-refractivity contribution in [1.82, 2.24) is 25.9 Å². The van der Waals surface area contributed by atoms with Crippen molar-refractivity contribution < 1.29 is 14.3 Å². The fourth-order valence-electron chi connectivity index (χ4n) is 4.21. The van der Waals surface area contributed by atoms with E-state index in [-0.39, 0.29) is 5.91 Å². The van der Waals surface area contributed by atoms with Crippen LogP contribution in [0.3, 0.4) is 0 Å². The monoisotopic (exact) mass is 563 g/mol. The smallest absolute Gasteiger partial charge is 0.269 e. The molecule has 9 heteroatoms. The number of hydrogen-bond donors (Lipinski definition) is 3. The Balaban J connectivity index is 1.33. The van der Waals surface area contributed by atoms with Gasteiger partial charge in [-0.25, -0.2) is 4.68 Å². The van der Waals surface area contributed by atoms with E-state index in [1.807, 2.05) is 102 Å². The highest BCUT2D eigenvalue weighted by Gasteiger charge is 2.15. The average molecular weight is 564 g/mol. The first-order valence-electron chi connectivity index (χ1n) is 12.9. The van der Waals surface area contributed by atoms with Gasteiger partial charge in [-0.2, -0.15) is 5.10 Å². The van der Waals surface area contributed by atoms with Crippen molar-refractivity contribution in [1.29, 1.82) is 0 Å². The molecule has 0 atom stereocenters. The van der Waals surface area contributed by atoms with Crippen LogP contribution in [0.5, 0.6) is 11.5 Å². The molecule has 0 unspecified atom stereocenters. The molecule has 1 amide bonds. The number of nitrogens with one attached hydrogen (secondary N) is 3. The summed E-state index contributed by atoms with van der Waals surface area (Å²) in [7, 11) is 3.28. The van der Waals surface area contributed by atoms with Gasteiger partial charge in [0, 0.05) is 23.2 Å². The van der Waals surface area contributed by atoms with Gasteiger partial charge in [-0.05, 0) is 96.6 Å². The second-order valence-corrected chi connectivity index (χ2v) is 9.49. The number of amides is 1. The maximum Gasteiger partial charge on any atom is 0.269 e. The number of nitrogens with zero attached hydrogens (tertiary/aromatic N) is 2. The van der Waals surface area contributed by atoms with E-state index in [9.17, 15) is 4.79 Å². The molecule has 0 fully saturated rings. The number of rotatable bonds is 8. The Kier molecular flexibility index (Phi) is 8.56. The number of carbonyl (C=O) groups excluding carboxylic acids is 1. The van der Waals surface area contributed by atoms with E-state index < -0.39 is 0 Å². The minimum atomic E-state index is -0.310.